The average molecular weight is 184 g/mol. The Kier molecular flexibility index (Phi) is 5.45. The maximum absolute atomic E-state index is 5.88. The van der Waals surface area contributed by atoms with Crippen molar-refractivity contribution < 1.29 is 4.74 Å². The van der Waals surface area contributed by atoms with E-state index >= 15 is 0 Å². The van der Waals surface area contributed by atoms with E-state index in [2.05, 4.69) is 13.8 Å². The summed E-state index contributed by atoms with van der Waals surface area (Å²) in [6, 6.07) is 0. The summed E-state index contributed by atoms with van der Waals surface area (Å²) < 4.78 is 5.88. The normalized spacial score (nSPS) is 33.7. The summed E-state index contributed by atoms with van der Waals surface area (Å²) in [6.07, 6.45) is 11.9. The number of hydrogen-bond acceptors (Lipinski definition) is 1. The number of ether oxygens (including phenoxy) is 1. The number of rotatable bonds is 0. The predicted molar refractivity (Wildman–Crippen MR) is 56.9 cm³/mol. The highest BCUT2D eigenvalue weighted by Gasteiger charge is 2.09. The Balaban J connectivity index is 2.25. The van der Waals surface area contributed by atoms with Crippen LogP contribution in [-0.4, -0.2) is 12.2 Å². The Labute approximate surface area is 82.9 Å². The first-order valence-corrected chi connectivity index (χ1v) is 5.94. The van der Waals surface area contributed by atoms with Crippen molar-refractivity contribution in [1.29, 1.82) is 0 Å². The highest BCUT2D eigenvalue weighted by molar-refractivity contribution is 4.59. The SMILES string of the molecule is CC1CCCCCCCCC(C)O1. The molecular weight excluding hydrogens is 160 g/mol. The molecule has 0 spiro atoms. The molecule has 0 N–H and O–H groups in total. The Morgan fingerprint density at radius 3 is 1.54 bits per heavy atom. The molecule has 0 radical (unpaired) electrons. The largest absolute Gasteiger partial charge is 0.376 e. The maximum atomic E-state index is 5.88. The van der Waals surface area contributed by atoms with Gasteiger partial charge >= 0.3 is 0 Å². The van der Waals surface area contributed by atoms with Crippen molar-refractivity contribution in [3.8, 4) is 0 Å². The summed E-state index contributed by atoms with van der Waals surface area (Å²) in [5, 5.41) is 0. The molecule has 78 valence electrons. The van der Waals surface area contributed by atoms with Crippen molar-refractivity contribution in [1.82, 2.24) is 0 Å². The lowest BCUT2D eigenvalue weighted by Crippen LogP contribution is -2.16. The maximum Gasteiger partial charge on any atom is 0.0550 e. The summed E-state index contributed by atoms with van der Waals surface area (Å²) in [7, 11) is 0. The van der Waals surface area contributed by atoms with E-state index in [9.17, 15) is 0 Å². The topological polar surface area (TPSA) is 9.23 Å². The van der Waals surface area contributed by atoms with Crippen molar-refractivity contribution in [2.75, 3.05) is 0 Å². The standard InChI is InChI=1S/C12H24O/c1-11-9-7-5-3-4-6-8-10-12(2)13-11/h11-12H,3-10H2,1-2H3. The van der Waals surface area contributed by atoms with Gasteiger partial charge in [-0.1, -0.05) is 38.5 Å². The highest BCUT2D eigenvalue weighted by Crippen LogP contribution is 2.16. The van der Waals surface area contributed by atoms with E-state index in [0.29, 0.717) is 12.2 Å². The van der Waals surface area contributed by atoms with Crippen molar-refractivity contribution in [3.63, 3.8) is 0 Å². The van der Waals surface area contributed by atoms with Gasteiger partial charge in [0, 0.05) is 0 Å². The van der Waals surface area contributed by atoms with Gasteiger partial charge in [0.15, 0.2) is 0 Å². The third kappa shape index (κ3) is 5.30. The van der Waals surface area contributed by atoms with Crippen LogP contribution in [0, 0.1) is 0 Å². The van der Waals surface area contributed by atoms with Crippen LogP contribution in [0.4, 0.5) is 0 Å². The molecule has 1 nitrogen and oxygen atoms in total. The fourth-order valence-electron chi connectivity index (χ4n) is 2.10. The quantitative estimate of drug-likeness (QED) is 0.554. The fourth-order valence-corrected chi connectivity index (χ4v) is 2.10. The zero-order valence-electron chi connectivity index (χ0n) is 9.22. The smallest absolute Gasteiger partial charge is 0.0550 e. The van der Waals surface area contributed by atoms with E-state index in [1.165, 1.54) is 51.4 Å². The second-order valence-electron chi connectivity index (χ2n) is 4.46. The molecule has 1 saturated heterocycles. The minimum atomic E-state index is 0.480. The Morgan fingerprint density at radius 1 is 0.692 bits per heavy atom. The lowest BCUT2D eigenvalue weighted by Gasteiger charge is -2.18. The number of hydrogen-bond donors (Lipinski definition) is 0. The lowest BCUT2D eigenvalue weighted by atomic mass is 10.1. The van der Waals surface area contributed by atoms with Gasteiger partial charge in [0.25, 0.3) is 0 Å². The molecule has 1 heterocycles. The van der Waals surface area contributed by atoms with Gasteiger partial charge < -0.3 is 4.74 Å². The van der Waals surface area contributed by atoms with E-state index in [4.69, 9.17) is 4.74 Å². The van der Waals surface area contributed by atoms with Gasteiger partial charge in [0.2, 0.25) is 0 Å². The van der Waals surface area contributed by atoms with Crippen molar-refractivity contribution in [2.45, 2.75) is 77.4 Å². The van der Waals surface area contributed by atoms with Crippen molar-refractivity contribution in [2.24, 2.45) is 0 Å². The summed E-state index contributed by atoms with van der Waals surface area (Å²) in [6.45, 7) is 4.43. The van der Waals surface area contributed by atoms with E-state index in [0.717, 1.165) is 0 Å². The van der Waals surface area contributed by atoms with Crippen molar-refractivity contribution in [3.05, 3.63) is 0 Å². The Bertz CT molecular complexity index is 108. The molecule has 0 aromatic rings. The van der Waals surface area contributed by atoms with Crippen LogP contribution in [0.1, 0.15) is 65.2 Å². The summed E-state index contributed by atoms with van der Waals surface area (Å²) >= 11 is 0. The van der Waals surface area contributed by atoms with Crippen LogP contribution in [0.2, 0.25) is 0 Å². The first-order chi connectivity index (χ1) is 6.29. The van der Waals surface area contributed by atoms with Crippen LogP contribution >= 0.6 is 0 Å². The van der Waals surface area contributed by atoms with Crippen LogP contribution in [0.15, 0.2) is 0 Å². The molecule has 13 heavy (non-hydrogen) atoms. The fraction of sp³-hybridized carbons (Fsp3) is 1.00. The van der Waals surface area contributed by atoms with Gasteiger partial charge in [-0.05, 0) is 26.7 Å². The van der Waals surface area contributed by atoms with Gasteiger partial charge in [0.05, 0.1) is 12.2 Å². The Morgan fingerprint density at radius 2 is 1.08 bits per heavy atom. The summed E-state index contributed by atoms with van der Waals surface area (Å²) in [5.41, 5.74) is 0. The van der Waals surface area contributed by atoms with E-state index in [1.807, 2.05) is 0 Å². The van der Waals surface area contributed by atoms with E-state index < -0.39 is 0 Å². The second-order valence-corrected chi connectivity index (χ2v) is 4.46. The third-order valence-corrected chi connectivity index (χ3v) is 2.94. The third-order valence-electron chi connectivity index (χ3n) is 2.94. The molecule has 0 amide bonds. The molecule has 0 bridgehead atoms. The zero-order valence-corrected chi connectivity index (χ0v) is 9.22. The van der Waals surface area contributed by atoms with Crippen LogP contribution in [-0.2, 0) is 4.74 Å². The van der Waals surface area contributed by atoms with E-state index in [1.54, 1.807) is 0 Å². The minimum Gasteiger partial charge on any atom is -0.376 e. The second kappa shape index (κ2) is 6.42. The van der Waals surface area contributed by atoms with Gasteiger partial charge in [-0.25, -0.2) is 0 Å². The lowest BCUT2D eigenvalue weighted by molar-refractivity contribution is -0.00142. The molecule has 1 aliphatic heterocycles. The van der Waals surface area contributed by atoms with Gasteiger partial charge in [-0.2, -0.15) is 0 Å². The molecule has 0 aromatic carbocycles. The minimum absolute atomic E-state index is 0.480. The van der Waals surface area contributed by atoms with Crippen LogP contribution in [0.5, 0.6) is 0 Å². The van der Waals surface area contributed by atoms with E-state index in [-0.39, 0.29) is 0 Å². The molecule has 1 aliphatic rings. The molecule has 0 aliphatic carbocycles. The van der Waals surface area contributed by atoms with Gasteiger partial charge in [-0.15, -0.1) is 0 Å². The molecule has 2 atom stereocenters. The summed E-state index contributed by atoms with van der Waals surface area (Å²) in [4.78, 5) is 0. The molecular formula is C12H24O. The highest BCUT2D eigenvalue weighted by atomic mass is 16.5. The Hall–Kier alpha value is -0.0400. The molecule has 1 fully saturated rings. The van der Waals surface area contributed by atoms with Crippen molar-refractivity contribution >= 4 is 0 Å². The average Bonchev–Trinajstić information content (AvgIpc) is 2.11. The van der Waals surface area contributed by atoms with Crippen LogP contribution < -0.4 is 0 Å². The summed E-state index contributed by atoms with van der Waals surface area (Å²) in [5.74, 6) is 0. The molecule has 0 aromatic heterocycles. The zero-order chi connectivity index (χ0) is 9.52. The first-order valence-electron chi connectivity index (χ1n) is 5.94. The molecule has 1 rings (SSSR count). The first kappa shape index (κ1) is 11.0. The monoisotopic (exact) mass is 184 g/mol. The molecule has 2 unspecified atom stereocenters. The van der Waals surface area contributed by atoms with Gasteiger partial charge in [0.1, 0.15) is 0 Å². The van der Waals surface area contributed by atoms with Gasteiger partial charge in [-0.3, -0.25) is 0 Å². The van der Waals surface area contributed by atoms with Crippen LogP contribution in [0.25, 0.3) is 0 Å². The van der Waals surface area contributed by atoms with Crippen LogP contribution in [0.3, 0.4) is 0 Å². The predicted octanol–water partition coefficient (Wildman–Crippen LogP) is 3.91. The molecule has 0 saturated carbocycles. The molecule has 1 heteroatoms.